The Morgan fingerprint density at radius 3 is 2.65 bits per heavy atom. The van der Waals surface area contributed by atoms with Crippen LogP contribution in [0.1, 0.15) is 52.3 Å². The number of rotatable bonds is 6. The van der Waals surface area contributed by atoms with E-state index in [4.69, 9.17) is 0 Å². The van der Waals surface area contributed by atoms with Gasteiger partial charge in [-0.25, -0.2) is 4.98 Å². The summed E-state index contributed by atoms with van der Waals surface area (Å²) in [5, 5.41) is 3.20. The molecule has 96 valence electrons. The topological polar surface area (TPSA) is 57.8 Å². The largest absolute Gasteiger partial charge is 0.370 e. The van der Waals surface area contributed by atoms with E-state index in [1.807, 2.05) is 13.8 Å². The fourth-order valence-electron chi connectivity index (χ4n) is 1.57. The van der Waals surface area contributed by atoms with Crippen molar-refractivity contribution in [2.24, 2.45) is 5.92 Å². The van der Waals surface area contributed by atoms with E-state index in [0.717, 1.165) is 24.7 Å². The molecule has 1 heterocycles. The van der Waals surface area contributed by atoms with Gasteiger partial charge in [-0.1, -0.05) is 27.7 Å². The number of nitrogens with one attached hydrogen (secondary N) is 2. The number of hydrogen-bond acceptors (Lipinski definition) is 3. The first-order valence-corrected chi connectivity index (χ1v) is 6.34. The highest BCUT2D eigenvalue weighted by Crippen LogP contribution is 2.09. The highest BCUT2D eigenvalue weighted by molar-refractivity contribution is 5.33. The van der Waals surface area contributed by atoms with Crippen LogP contribution in [0.3, 0.4) is 0 Å². The van der Waals surface area contributed by atoms with Gasteiger partial charge in [-0.2, -0.15) is 0 Å². The van der Waals surface area contributed by atoms with Crippen LogP contribution < -0.4 is 10.9 Å². The quantitative estimate of drug-likeness (QED) is 0.748. The van der Waals surface area contributed by atoms with Gasteiger partial charge in [0, 0.05) is 18.5 Å². The molecule has 0 radical (unpaired) electrons. The predicted molar refractivity (Wildman–Crippen MR) is 71.5 cm³/mol. The minimum Gasteiger partial charge on any atom is -0.370 e. The Kier molecular flexibility index (Phi) is 5.19. The lowest BCUT2D eigenvalue weighted by molar-refractivity contribution is 0.566. The summed E-state index contributed by atoms with van der Waals surface area (Å²) in [6.45, 7) is 9.32. The fraction of sp³-hybridized carbons (Fsp3) is 0.692. The number of H-pyrrole nitrogens is 1. The maximum atomic E-state index is 11.4. The SMILES string of the molecule is CC(C)CCCNc1cc(=O)[nH]c(C(C)C)n1. The molecule has 1 rings (SSSR count). The average Bonchev–Trinajstić information content (AvgIpc) is 2.23. The van der Waals surface area contributed by atoms with E-state index in [-0.39, 0.29) is 11.5 Å². The molecule has 1 aromatic heterocycles. The maximum Gasteiger partial charge on any atom is 0.252 e. The lowest BCUT2D eigenvalue weighted by Gasteiger charge is -2.09. The van der Waals surface area contributed by atoms with Gasteiger partial charge in [0.05, 0.1) is 0 Å². The summed E-state index contributed by atoms with van der Waals surface area (Å²) in [5.74, 6) is 2.38. The van der Waals surface area contributed by atoms with E-state index in [0.29, 0.717) is 5.82 Å². The molecule has 0 aromatic carbocycles. The van der Waals surface area contributed by atoms with Crippen molar-refractivity contribution in [3.63, 3.8) is 0 Å². The Bertz CT molecular complexity index is 396. The first-order valence-electron chi connectivity index (χ1n) is 6.34. The summed E-state index contributed by atoms with van der Waals surface area (Å²) in [6.07, 6.45) is 2.29. The summed E-state index contributed by atoms with van der Waals surface area (Å²) < 4.78 is 0. The molecule has 0 atom stereocenters. The van der Waals surface area contributed by atoms with Crippen LogP contribution in [0.4, 0.5) is 5.82 Å². The van der Waals surface area contributed by atoms with Crippen LogP contribution in [0.25, 0.3) is 0 Å². The molecule has 4 nitrogen and oxygen atoms in total. The van der Waals surface area contributed by atoms with E-state index in [1.165, 1.54) is 12.5 Å². The summed E-state index contributed by atoms with van der Waals surface area (Å²) in [6, 6.07) is 1.52. The van der Waals surface area contributed by atoms with Crippen LogP contribution >= 0.6 is 0 Å². The Hall–Kier alpha value is -1.32. The van der Waals surface area contributed by atoms with Crippen molar-refractivity contribution in [1.29, 1.82) is 0 Å². The van der Waals surface area contributed by atoms with Crippen LogP contribution in [0.2, 0.25) is 0 Å². The molecule has 1 aromatic rings. The molecule has 0 fully saturated rings. The summed E-state index contributed by atoms with van der Waals surface area (Å²) >= 11 is 0. The predicted octanol–water partition coefficient (Wildman–Crippen LogP) is 2.74. The van der Waals surface area contributed by atoms with Gasteiger partial charge in [0.1, 0.15) is 11.6 Å². The van der Waals surface area contributed by atoms with Gasteiger partial charge in [-0.05, 0) is 18.8 Å². The highest BCUT2D eigenvalue weighted by atomic mass is 16.1. The van der Waals surface area contributed by atoms with Gasteiger partial charge < -0.3 is 10.3 Å². The molecule has 0 saturated heterocycles. The second-order valence-electron chi connectivity index (χ2n) is 5.13. The average molecular weight is 237 g/mol. The minimum absolute atomic E-state index is 0.0879. The summed E-state index contributed by atoms with van der Waals surface area (Å²) in [5.41, 5.74) is -0.0879. The molecule has 0 unspecified atom stereocenters. The third-order valence-electron chi connectivity index (χ3n) is 2.57. The lowest BCUT2D eigenvalue weighted by Crippen LogP contribution is -2.15. The molecule has 0 bridgehead atoms. The fourth-order valence-corrected chi connectivity index (χ4v) is 1.57. The van der Waals surface area contributed by atoms with Crippen molar-refractivity contribution in [3.05, 3.63) is 22.2 Å². The molecule has 0 saturated carbocycles. The molecular formula is C13H23N3O. The van der Waals surface area contributed by atoms with Gasteiger partial charge in [0.15, 0.2) is 0 Å². The molecule has 0 aliphatic rings. The zero-order valence-electron chi connectivity index (χ0n) is 11.2. The van der Waals surface area contributed by atoms with Crippen LogP contribution in [0, 0.1) is 5.92 Å². The summed E-state index contributed by atoms with van der Waals surface area (Å²) in [4.78, 5) is 18.6. The zero-order valence-corrected chi connectivity index (χ0v) is 11.2. The van der Waals surface area contributed by atoms with Crippen molar-refractivity contribution in [2.45, 2.75) is 46.5 Å². The Labute approximate surface area is 103 Å². The van der Waals surface area contributed by atoms with Crippen LogP contribution in [0.5, 0.6) is 0 Å². The van der Waals surface area contributed by atoms with Gasteiger partial charge in [-0.15, -0.1) is 0 Å². The van der Waals surface area contributed by atoms with Gasteiger partial charge in [-0.3, -0.25) is 4.79 Å². The van der Waals surface area contributed by atoms with Crippen LogP contribution in [-0.4, -0.2) is 16.5 Å². The zero-order chi connectivity index (χ0) is 12.8. The molecule has 2 N–H and O–H groups in total. The van der Waals surface area contributed by atoms with Crippen molar-refractivity contribution in [3.8, 4) is 0 Å². The third-order valence-corrected chi connectivity index (χ3v) is 2.57. The highest BCUT2D eigenvalue weighted by Gasteiger charge is 2.04. The van der Waals surface area contributed by atoms with Gasteiger partial charge >= 0.3 is 0 Å². The van der Waals surface area contributed by atoms with E-state index in [2.05, 4.69) is 29.1 Å². The summed E-state index contributed by atoms with van der Waals surface area (Å²) in [7, 11) is 0. The van der Waals surface area contributed by atoms with Gasteiger partial charge in [0.2, 0.25) is 0 Å². The van der Waals surface area contributed by atoms with Crippen molar-refractivity contribution in [1.82, 2.24) is 9.97 Å². The first kappa shape index (κ1) is 13.7. The number of hydrogen-bond donors (Lipinski definition) is 2. The minimum atomic E-state index is -0.0879. The Morgan fingerprint density at radius 1 is 1.35 bits per heavy atom. The Morgan fingerprint density at radius 2 is 2.06 bits per heavy atom. The van der Waals surface area contributed by atoms with E-state index >= 15 is 0 Å². The smallest absolute Gasteiger partial charge is 0.252 e. The van der Waals surface area contributed by atoms with E-state index in [1.54, 1.807) is 0 Å². The number of nitrogens with zero attached hydrogens (tertiary/aromatic N) is 1. The Balaban J connectivity index is 2.56. The number of aromatic amines is 1. The monoisotopic (exact) mass is 237 g/mol. The van der Waals surface area contributed by atoms with Crippen LogP contribution in [0.15, 0.2) is 10.9 Å². The van der Waals surface area contributed by atoms with Crippen molar-refractivity contribution >= 4 is 5.82 Å². The molecule has 0 spiro atoms. The van der Waals surface area contributed by atoms with Crippen LogP contribution in [-0.2, 0) is 0 Å². The molecule has 0 amide bonds. The molecule has 0 aliphatic carbocycles. The second-order valence-corrected chi connectivity index (χ2v) is 5.13. The standard InChI is InChI=1S/C13H23N3O/c1-9(2)6-5-7-14-11-8-12(17)16-13(15-11)10(3)4/h8-10H,5-7H2,1-4H3,(H2,14,15,16,17). The maximum absolute atomic E-state index is 11.4. The van der Waals surface area contributed by atoms with Crippen molar-refractivity contribution < 1.29 is 0 Å². The number of aromatic nitrogens is 2. The lowest BCUT2D eigenvalue weighted by atomic mass is 10.1. The number of anilines is 1. The van der Waals surface area contributed by atoms with Gasteiger partial charge in [0.25, 0.3) is 5.56 Å². The molecule has 4 heteroatoms. The van der Waals surface area contributed by atoms with E-state index < -0.39 is 0 Å². The first-order chi connectivity index (χ1) is 7.99. The molecule has 0 aliphatic heterocycles. The normalized spacial score (nSPS) is 11.2. The molecule has 17 heavy (non-hydrogen) atoms. The van der Waals surface area contributed by atoms with E-state index in [9.17, 15) is 4.79 Å². The second kappa shape index (κ2) is 6.42. The third kappa shape index (κ3) is 5.02. The van der Waals surface area contributed by atoms with Crippen molar-refractivity contribution in [2.75, 3.05) is 11.9 Å². The molecular weight excluding hydrogens is 214 g/mol.